The second-order valence-electron chi connectivity index (χ2n) is 6.52. The van der Waals surface area contributed by atoms with Gasteiger partial charge < -0.3 is 5.73 Å². The van der Waals surface area contributed by atoms with Crippen molar-refractivity contribution < 1.29 is 4.79 Å². The third kappa shape index (κ3) is 3.36. The predicted molar refractivity (Wildman–Crippen MR) is 99.8 cm³/mol. The third-order valence-corrected chi connectivity index (χ3v) is 4.67. The van der Waals surface area contributed by atoms with E-state index >= 15 is 0 Å². The van der Waals surface area contributed by atoms with Crippen molar-refractivity contribution >= 4 is 5.91 Å². The summed E-state index contributed by atoms with van der Waals surface area (Å²) < 4.78 is 1.91. The number of amides is 1. The average Bonchev–Trinajstić information content (AvgIpc) is 3.33. The zero-order chi connectivity index (χ0) is 17.9. The van der Waals surface area contributed by atoms with Crippen LogP contribution in [0.25, 0.3) is 17.1 Å². The normalized spacial score (nSPS) is 14.6. The SMILES string of the molecule is NC(=O)c1ccc(-c2nc(CN3CCCC3)n(-c3ccccc3)n2)cc1. The van der Waals surface area contributed by atoms with Crippen molar-refractivity contribution in [1.82, 2.24) is 19.7 Å². The van der Waals surface area contributed by atoms with Gasteiger partial charge in [-0.3, -0.25) is 9.69 Å². The van der Waals surface area contributed by atoms with Crippen LogP contribution in [0.15, 0.2) is 54.6 Å². The molecular formula is C20H21N5O. The largest absolute Gasteiger partial charge is 0.366 e. The molecule has 2 N–H and O–H groups in total. The molecule has 1 amide bonds. The summed E-state index contributed by atoms with van der Waals surface area (Å²) in [6.07, 6.45) is 2.47. The van der Waals surface area contributed by atoms with Crippen LogP contribution in [0, 0.1) is 0 Å². The number of hydrogen-bond acceptors (Lipinski definition) is 4. The maximum absolute atomic E-state index is 11.3. The molecule has 0 saturated carbocycles. The van der Waals surface area contributed by atoms with Crippen LogP contribution in [0.5, 0.6) is 0 Å². The molecule has 0 radical (unpaired) electrons. The second-order valence-corrected chi connectivity index (χ2v) is 6.52. The van der Waals surface area contributed by atoms with Crippen LogP contribution in [0.4, 0.5) is 0 Å². The highest BCUT2D eigenvalue weighted by molar-refractivity contribution is 5.93. The van der Waals surface area contributed by atoms with Gasteiger partial charge in [-0.05, 0) is 50.2 Å². The summed E-state index contributed by atoms with van der Waals surface area (Å²) in [6, 6.07) is 17.1. The fraction of sp³-hybridized carbons (Fsp3) is 0.250. The second kappa shape index (κ2) is 7.09. The van der Waals surface area contributed by atoms with Crippen molar-refractivity contribution in [3.63, 3.8) is 0 Å². The lowest BCUT2D eigenvalue weighted by Gasteiger charge is -2.14. The van der Waals surface area contributed by atoms with E-state index in [9.17, 15) is 4.79 Å². The van der Waals surface area contributed by atoms with Crippen molar-refractivity contribution in [2.24, 2.45) is 5.73 Å². The molecule has 6 nitrogen and oxygen atoms in total. The molecule has 132 valence electrons. The predicted octanol–water partition coefficient (Wildman–Crippen LogP) is 2.63. The summed E-state index contributed by atoms with van der Waals surface area (Å²) >= 11 is 0. The van der Waals surface area contributed by atoms with Gasteiger partial charge >= 0.3 is 0 Å². The van der Waals surface area contributed by atoms with Gasteiger partial charge in [0.1, 0.15) is 5.82 Å². The van der Waals surface area contributed by atoms with Crippen LogP contribution < -0.4 is 5.73 Å². The first-order valence-corrected chi connectivity index (χ1v) is 8.85. The molecule has 0 spiro atoms. The first-order chi connectivity index (χ1) is 12.7. The van der Waals surface area contributed by atoms with E-state index in [4.69, 9.17) is 15.8 Å². The van der Waals surface area contributed by atoms with Crippen LogP contribution in [-0.2, 0) is 6.54 Å². The van der Waals surface area contributed by atoms with E-state index in [1.165, 1.54) is 12.8 Å². The summed E-state index contributed by atoms with van der Waals surface area (Å²) in [5.41, 5.74) is 7.66. The molecule has 0 aliphatic carbocycles. The Balaban J connectivity index is 1.71. The smallest absolute Gasteiger partial charge is 0.248 e. The van der Waals surface area contributed by atoms with Gasteiger partial charge in [0, 0.05) is 11.1 Å². The Morgan fingerprint density at radius 1 is 1.00 bits per heavy atom. The number of likely N-dealkylation sites (tertiary alicyclic amines) is 1. The summed E-state index contributed by atoms with van der Waals surface area (Å²) in [4.78, 5) is 18.5. The molecule has 3 aromatic rings. The van der Waals surface area contributed by atoms with Crippen molar-refractivity contribution in [3.8, 4) is 17.1 Å². The van der Waals surface area contributed by atoms with Gasteiger partial charge in [-0.2, -0.15) is 0 Å². The molecule has 2 aromatic carbocycles. The molecular weight excluding hydrogens is 326 g/mol. The van der Waals surface area contributed by atoms with Crippen LogP contribution in [0.2, 0.25) is 0 Å². The lowest BCUT2D eigenvalue weighted by molar-refractivity contribution is 0.100. The van der Waals surface area contributed by atoms with E-state index in [0.29, 0.717) is 11.4 Å². The number of primary amides is 1. The zero-order valence-electron chi connectivity index (χ0n) is 14.5. The molecule has 0 atom stereocenters. The van der Waals surface area contributed by atoms with Gasteiger partial charge in [0.15, 0.2) is 5.82 Å². The van der Waals surface area contributed by atoms with E-state index in [2.05, 4.69) is 4.90 Å². The number of hydrogen-bond donors (Lipinski definition) is 1. The molecule has 4 rings (SSSR count). The number of nitrogens with two attached hydrogens (primary N) is 1. The van der Waals surface area contributed by atoms with E-state index in [1.54, 1.807) is 12.1 Å². The van der Waals surface area contributed by atoms with E-state index in [1.807, 2.05) is 47.1 Å². The molecule has 2 heterocycles. The fourth-order valence-electron chi connectivity index (χ4n) is 3.27. The van der Waals surface area contributed by atoms with Crippen molar-refractivity contribution in [2.75, 3.05) is 13.1 Å². The number of carbonyl (C=O) groups is 1. The fourth-order valence-corrected chi connectivity index (χ4v) is 3.27. The Kier molecular flexibility index (Phi) is 4.50. The Morgan fingerprint density at radius 3 is 2.35 bits per heavy atom. The minimum atomic E-state index is -0.436. The molecule has 0 bridgehead atoms. The molecule has 26 heavy (non-hydrogen) atoms. The van der Waals surface area contributed by atoms with Crippen molar-refractivity contribution in [3.05, 3.63) is 66.0 Å². The van der Waals surface area contributed by atoms with Crippen molar-refractivity contribution in [2.45, 2.75) is 19.4 Å². The van der Waals surface area contributed by atoms with Gasteiger partial charge in [0.05, 0.1) is 12.2 Å². The van der Waals surface area contributed by atoms with Crippen LogP contribution >= 0.6 is 0 Å². The van der Waals surface area contributed by atoms with Crippen LogP contribution in [0.3, 0.4) is 0 Å². The van der Waals surface area contributed by atoms with E-state index in [-0.39, 0.29) is 0 Å². The van der Waals surface area contributed by atoms with Gasteiger partial charge in [-0.25, -0.2) is 9.67 Å². The molecule has 0 unspecified atom stereocenters. The number of carbonyl (C=O) groups excluding carboxylic acids is 1. The summed E-state index contributed by atoms with van der Waals surface area (Å²) in [5.74, 6) is 1.14. The summed E-state index contributed by atoms with van der Waals surface area (Å²) in [5, 5.41) is 4.73. The average molecular weight is 347 g/mol. The number of benzene rings is 2. The van der Waals surface area contributed by atoms with Gasteiger partial charge in [-0.1, -0.05) is 30.3 Å². The first-order valence-electron chi connectivity index (χ1n) is 8.85. The topological polar surface area (TPSA) is 77.0 Å². The summed E-state index contributed by atoms with van der Waals surface area (Å²) in [6.45, 7) is 2.98. The first kappa shape index (κ1) is 16.5. The van der Waals surface area contributed by atoms with Gasteiger partial charge in [0.2, 0.25) is 5.91 Å². The number of para-hydroxylation sites is 1. The molecule has 1 aliphatic heterocycles. The van der Waals surface area contributed by atoms with Gasteiger partial charge in [0.25, 0.3) is 0 Å². The highest BCUT2D eigenvalue weighted by Gasteiger charge is 2.18. The Hall–Kier alpha value is -2.99. The minimum Gasteiger partial charge on any atom is -0.366 e. The van der Waals surface area contributed by atoms with Crippen molar-refractivity contribution in [1.29, 1.82) is 0 Å². The monoisotopic (exact) mass is 347 g/mol. The highest BCUT2D eigenvalue weighted by atomic mass is 16.1. The number of aromatic nitrogens is 3. The third-order valence-electron chi connectivity index (χ3n) is 4.67. The minimum absolute atomic E-state index is 0.436. The Bertz CT molecular complexity index is 896. The zero-order valence-corrected chi connectivity index (χ0v) is 14.5. The van der Waals surface area contributed by atoms with Gasteiger partial charge in [-0.15, -0.1) is 5.10 Å². The molecule has 1 aromatic heterocycles. The van der Waals surface area contributed by atoms with E-state index < -0.39 is 5.91 Å². The lowest BCUT2D eigenvalue weighted by Crippen LogP contribution is -2.21. The van der Waals surface area contributed by atoms with Crippen LogP contribution in [0.1, 0.15) is 29.0 Å². The standard InChI is InChI=1S/C20H21N5O/c21-19(26)15-8-10-16(11-9-15)20-22-18(14-24-12-4-5-13-24)25(23-20)17-6-2-1-3-7-17/h1-3,6-11H,4-5,12-14H2,(H2,21,26). The Morgan fingerprint density at radius 2 is 1.69 bits per heavy atom. The molecule has 6 heteroatoms. The lowest BCUT2D eigenvalue weighted by atomic mass is 10.1. The highest BCUT2D eigenvalue weighted by Crippen LogP contribution is 2.21. The maximum Gasteiger partial charge on any atom is 0.248 e. The molecule has 1 fully saturated rings. The molecule has 1 aliphatic rings. The summed E-state index contributed by atoms with van der Waals surface area (Å²) in [7, 11) is 0. The number of nitrogens with zero attached hydrogens (tertiary/aromatic N) is 4. The van der Waals surface area contributed by atoms with E-state index in [0.717, 1.165) is 36.7 Å². The number of rotatable bonds is 5. The van der Waals surface area contributed by atoms with Crippen LogP contribution in [-0.4, -0.2) is 38.7 Å². The quantitative estimate of drug-likeness (QED) is 0.770. The maximum atomic E-state index is 11.3. The Labute approximate surface area is 152 Å². The molecule has 1 saturated heterocycles.